The van der Waals surface area contributed by atoms with E-state index in [2.05, 4.69) is 27.6 Å². The minimum absolute atomic E-state index is 0.0732. The normalized spacial score (nSPS) is 10.1. The molecule has 1 heterocycles. The molecule has 0 bridgehead atoms. The Morgan fingerprint density at radius 1 is 1.50 bits per heavy atom. The second-order valence-corrected chi connectivity index (χ2v) is 4.38. The van der Waals surface area contributed by atoms with E-state index in [1.54, 1.807) is 24.7 Å². The van der Waals surface area contributed by atoms with Gasteiger partial charge in [-0.2, -0.15) is 5.26 Å². The summed E-state index contributed by atoms with van der Waals surface area (Å²) in [7, 11) is 0. The number of nitrogens with zero attached hydrogens (tertiary/aromatic N) is 3. The second kappa shape index (κ2) is 4.61. The molecular weight excluding hydrogens is 320 g/mol. The van der Waals surface area contributed by atoms with Crippen LogP contribution in [0.4, 0.5) is 4.39 Å². The van der Waals surface area contributed by atoms with Gasteiger partial charge in [-0.25, -0.2) is 9.37 Å². The lowest BCUT2D eigenvalue weighted by Crippen LogP contribution is -2.01. The molecule has 0 fully saturated rings. The molecule has 0 aliphatic carbocycles. The van der Waals surface area contributed by atoms with E-state index >= 15 is 0 Å². The Hall–Kier alpha value is -1.42. The van der Waals surface area contributed by atoms with Crippen molar-refractivity contribution in [3.8, 4) is 6.07 Å². The van der Waals surface area contributed by atoms with Crippen LogP contribution in [-0.4, -0.2) is 9.55 Å². The van der Waals surface area contributed by atoms with Gasteiger partial charge in [0.1, 0.15) is 11.9 Å². The predicted octanol–water partition coefficient (Wildman–Crippen LogP) is 2.55. The Bertz CT molecular complexity index is 557. The molecule has 1 aromatic heterocycles. The number of nitriles is 1. The molecule has 0 radical (unpaired) electrons. The zero-order valence-corrected chi connectivity index (χ0v) is 10.3. The van der Waals surface area contributed by atoms with Gasteiger partial charge < -0.3 is 4.57 Å². The van der Waals surface area contributed by atoms with Gasteiger partial charge in [-0.3, -0.25) is 0 Å². The molecule has 16 heavy (non-hydrogen) atoms. The molecule has 0 amide bonds. The lowest BCUT2D eigenvalue weighted by molar-refractivity contribution is 0.619. The van der Waals surface area contributed by atoms with Crippen LogP contribution < -0.4 is 0 Å². The SMILES string of the molecule is N#Cc1ccc(Cn2cncc2I)cc1F. The Balaban J connectivity index is 2.27. The number of imidazole rings is 1. The van der Waals surface area contributed by atoms with E-state index in [4.69, 9.17) is 5.26 Å². The van der Waals surface area contributed by atoms with Gasteiger partial charge in [0.2, 0.25) is 0 Å². The minimum atomic E-state index is -0.477. The molecule has 0 saturated heterocycles. The quantitative estimate of drug-likeness (QED) is 0.796. The Morgan fingerprint density at radius 2 is 2.31 bits per heavy atom. The Kier molecular flexibility index (Phi) is 3.19. The number of halogens is 2. The van der Waals surface area contributed by atoms with Crippen LogP contribution in [0.2, 0.25) is 0 Å². The van der Waals surface area contributed by atoms with Gasteiger partial charge in [-0.05, 0) is 40.3 Å². The van der Waals surface area contributed by atoms with Crippen LogP contribution in [-0.2, 0) is 6.54 Å². The summed E-state index contributed by atoms with van der Waals surface area (Å²) in [4.78, 5) is 3.98. The maximum atomic E-state index is 13.3. The van der Waals surface area contributed by atoms with Crippen molar-refractivity contribution in [2.45, 2.75) is 6.54 Å². The van der Waals surface area contributed by atoms with Gasteiger partial charge in [0.15, 0.2) is 0 Å². The summed E-state index contributed by atoms with van der Waals surface area (Å²) >= 11 is 2.16. The van der Waals surface area contributed by atoms with Gasteiger partial charge in [-0.15, -0.1) is 0 Å². The fourth-order valence-electron chi connectivity index (χ4n) is 1.37. The van der Waals surface area contributed by atoms with Gasteiger partial charge in [0, 0.05) is 6.54 Å². The molecular formula is C11H7FIN3. The second-order valence-electron chi connectivity index (χ2n) is 3.27. The maximum absolute atomic E-state index is 13.3. The molecule has 3 nitrogen and oxygen atoms in total. The zero-order valence-electron chi connectivity index (χ0n) is 8.19. The van der Waals surface area contributed by atoms with Crippen molar-refractivity contribution in [3.05, 3.63) is 51.4 Å². The third kappa shape index (κ3) is 2.22. The fraction of sp³-hybridized carbons (Fsp3) is 0.0909. The van der Waals surface area contributed by atoms with Crippen LogP contribution in [0.25, 0.3) is 0 Å². The molecule has 2 aromatic rings. The van der Waals surface area contributed by atoms with Crippen LogP contribution in [0.1, 0.15) is 11.1 Å². The summed E-state index contributed by atoms with van der Waals surface area (Å²) in [5, 5.41) is 8.60. The van der Waals surface area contributed by atoms with Crippen molar-refractivity contribution in [2.24, 2.45) is 0 Å². The van der Waals surface area contributed by atoms with E-state index in [-0.39, 0.29) is 5.56 Å². The third-order valence-electron chi connectivity index (χ3n) is 2.17. The first-order valence-electron chi connectivity index (χ1n) is 4.55. The maximum Gasteiger partial charge on any atom is 0.141 e. The standard InChI is InChI=1S/C11H7FIN3/c12-10-3-8(1-2-9(10)4-14)6-16-7-15-5-11(16)13/h1-3,5,7H,6H2. The predicted molar refractivity (Wildman–Crippen MR) is 65.2 cm³/mol. The molecule has 5 heteroatoms. The average molecular weight is 327 g/mol. The van der Waals surface area contributed by atoms with E-state index < -0.39 is 5.82 Å². The highest BCUT2D eigenvalue weighted by atomic mass is 127. The first kappa shape index (κ1) is 11.1. The average Bonchev–Trinajstić information content (AvgIpc) is 2.65. The number of hydrogen-bond acceptors (Lipinski definition) is 2. The van der Waals surface area contributed by atoms with Crippen LogP contribution in [0, 0.1) is 20.8 Å². The van der Waals surface area contributed by atoms with Crippen molar-refractivity contribution in [1.82, 2.24) is 9.55 Å². The van der Waals surface area contributed by atoms with E-state index in [1.165, 1.54) is 12.1 Å². The summed E-state index contributed by atoms with van der Waals surface area (Å²) < 4.78 is 16.2. The first-order chi connectivity index (χ1) is 7.70. The molecule has 80 valence electrons. The number of rotatable bonds is 2. The smallest absolute Gasteiger partial charge is 0.141 e. The summed E-state index contributed by atoms with van der Waals surface area (Å²) in [6.45, 7) is 0.556. The molecule has 0 aliphatic heterocycles. The summed E-state index contributed by atoms with van der Waals surface area (Å²) in [6.07, 6.45) is 3.43. The topological polar surface area (TPSA) is 41.6 Å². The van der Waals surface area contributed by atoms with Gasteiger partial charge in [0.05, 0.1) is 21.8 Å². The molecule has 0 N–H and O–H groups in total. The number of hydrogen-bond donors (Lipinski definition) is 0. The highest BCUT2D eigenvalue weighted by Crippen LogP contribution is 2.12. The Labute approximate surface area is 106 Å². The highest BCUT2D eigenvalue weighted by molar-refractivity contribution is 14.1. The molecule has 1 aromatic carbocycles. The minimum Gasteiger partial charge on any atom is -0.322 e. The van der Waals surface area contributed by atoms with Crippen LogP contribution in [0.15, 0.2) is 30.7 Å². The van der Waals surface area contributed by atoms with Crippen molar-refractivity contribution in [1.29, 1.82) is 5.26 Å². The van der Waals surface area contributed by atoms with Crippen molar-refractivity contribution >= 4 is 22.6 Å². The monoisotopic (exact) mass is 327 g/mol. The molecule has 0 unspecified atom stereocenters. The zero-order chi connectivity index (χ0) is 11.5. The largest absolute Gasteiger partial charge is 0.322 e. The van der Waals surface area contributed by atoms with Crippen LogP contribution >= 0.6 is 22.6 Å². The van der Waals surface area contributed by atoms with Crippen LogP contribution in [0.3, 0.4) is 0 Å². The highest BCUT2D eigenvalue weighted by Gasteiger charge is 2.04. The summed E-state index contributed by atoms with van der Waals surface area (Å²) in [5.74, 6) is -0.477. The van der Waals surface area contributed by atoms with Crippen molar-refractivity contribution in [3.63, 3.8) is 0 Å². The fourth-order valence-corrected chi connectivity index (χ4v) is 1.82. The molecule has 0 saturated carbocycles. The van der Waals surface area contributed by atoms with Gasteiger partial charge in [-0.1, -0.05) is 6.07 Å². The summed E-state index contributed by atoms with van der Waals surface area (Å²) in [5.41, 5.74) is 0.886. The molecule has 0 spiro atoms. The number of benzene rings is 1. The van der Waals surface area contributed by atoms with Gasteiger partial charge >= 0.3 is 0 Å². The van der Waals surface area contributed by atoms with Gasteiger partial charge in [0.25, 0.3) is 0 Å². The van der Waals surface area contributed by atoms with E-state index in [0.29, 0.717) is 6.54 Å². The summed E-state index contributed by atoms with van der Waals surface area (Å²) in [6, 6.07) is 6.42. The molecule has 0 aliphatic rings. The van der Waals surface area contributed by atoms with E-state index in [9.17, 15) is 4.39 Å². The van der Waals surface area contributed by atoms with Crippen LogP contribution in [0.5, 0.6) is 0 Å². The lowest BCUT2D eigenvalue weighted by Gasteiger charge is -2.04. The molecule has 0 atom stereocenters. The lowest BCUT2D eigenvalue weighted by atomic mass is 10.1. The first-order valence-corrected chi connectivity index (χ1v) is 5.63. The third-order valence-corrected chi connectivity index (χ3v) is 3.07. The molecule has 2 rings (SSSR count). The Morgan fingerprint density at radius 3 is 2.88 bits per heavy atom. The number of aromatic nitrogens is 2. The van der Waals surface area contributed by atoms with Crippen molar-refractivity contribution < 1.29 is 4.39 Å². The van der Waals surface area contributed by atoms with Crippen molar-refractivity contribution in [2.75, 3.05) is 0 Å². The van der Waals surface area contributed by atoms with E-state index in [0.717, 1.165) is 9.26 Å². The van der Waals surface area contributed by atoms with E-state index in [1.807, 2.05) is 4.57 Å².